The molecule has 0 saturated heterocycles. The molecule has 0 aliphatic heterocycles. The largest absolute Gasteiger partial charge is 0.299 e. The van der Waals surface area contributed by atoms with Crippen molar-refractivity contribution in [2.45, 2.75) is 46.0 Å². The van der Waals surface area contributed by atoms with Crippen LogP contribution < -0.4 is 0 Å². The number of halogens is 3. The van der Waals surface area contributed by atoms with E-state index >= 15 is 0 Å². The zero-order valence-corrected chi connectivity index (χ0v) is 16.3. The molecule has 0 amide bonds. The van der Waals surface area contributed by atoms with Gasteiger partial charge in [-0.05, 0) is 46.7 Å². The molecule has 0 heterocycles. The molecule has 1 saturated carbocycles. The van der Waals surface area contributed by atoms with Gasteiger partial charge in [-0.3, -0.25) is 9.59 Å². The van der Waals surface area contributed by atoms with Crippen molar-refractivity contribution in [2.75, 3.05) is 0 Å². The third kappa shape index (κ3) is 3.81. The molecule has 0 aromatic heterocycles. The average molecular weight is 391 g/mol. The Morgan fingerprint density at radius 2 is 1.59 bits per heavy atom. The van der Waals surface area contributed by atoms with Gasteiger partial charge in [0.05, 0.1) is 5.56 Å². The van der Waals surface area contributed by atoms with Gasteiger partial charge in [0.25, 0.3) is 0 Å². The summed E-state index contributed by atoms with van der Waals surface area (Å²) in [6, 6.07) is 7.02. The lowest BCUT2D eigenvalue weighted by Crippen LogP contribution is -2.36. The number of carbonyl (C=O) groups is 2. The second-order valence-corrected chi connectivity index (χ2v) is 8.33. The highest BCUT2D eigenvalue weighted by atomic mass is 35.5. The van der Waals surface area contributed by atoms with Crippen molar-refractivity contribution in [3.63, 3.8) is 0 Å². The van der Waals surface area contributed by atoms with Crippen molar-refractivity contribution in [1.82, 2.24) is 0 Å². The number of rotatable bonds is 3. The third-order valence-corrected chi connectivity index (χ3v) is 5.30. The summed E-state index contributed by atoms with van der Waals surface area (Å²) in [7, 11) is 0. The van der Waals surface area contributed by atoms with Gasteiger partial charge in [0.15, 0.2) is 0 Å². The summed E-state index contributed by atoms with van der Waals surface area (Å²) in [5.74, 6) is -2.71. The smallest absolute Gasteiger partial charge is 0.148 e. The molecule has 1 fully saturated rings. The quantitative estimate of drug-likeness (QED) is 0.612. The van der Waals surface area contributed by atoms with Crippen LogP contribution in [0.5, 0.6) is 0 Å². The van der Waals surface area contributed by atoms with Crippen LogP contribution in [-0.2, 0) is 16.0 Å². The molecule has 2 aromatic rings. The Bertz CT molecular complexity index is 891. The normalized spacial score (nSPS) is 17.4. The molecule has 3 rings (SSSR count). The molecule has 0 N–H and O–H groups in total. The Morgan fingerprint density at radius 3 is 2.11 bits per heavy atom. The number of ketones is 2. The molecule has 27 heavy (non-hydrogen) atoms. The van der Waals surface area contributed by atoms with Gasteiger partial charge < -0.3 is 0 Å². The van der Waals surface area contributed by atoms with E-state index in [1.165, 1.54) is 0 Å². The van der Waals surface area contributed by atoms with Gasteiger partial charge in [0.1, 0.15) is 29.1 Å². The van der Waals surface area contributed by atoms with Gasteiger partial charge in [-0.25, -0.2) is 8.78 Å². The van der Waals surface area contributed by atoms with Crippen molar-refractivity contribution in [2.24, 2.45) is 5.41 Å². The summed E-state index contributed by atoms with van der Waals surface area (Å²) in [5, 5.41) is -0.0287. The predicted molar refractivity (Wildman–Crippen MR) is 102 cm³/mol. The number of Topliss-reactive ketones (excluding diaryl/α,β-unsaturated/α-hetero) is 2. The summed E-state index contributed by atoms with van der Waals surface area (Å²) in [6.45, 7) is 5.72. The third-order valence-electron chi connectivity index (χ3n) is 5.08. The maximum atomic E-state index is 14.4. The van der Waals surface area contributed by atoms with Crippen LogP contribution in [0.4, 0.5) is 8.78 Å². The summed E-state index contributed by atoms with van der Waals surface area (Å²) >= 11 is 5.71. The first-order chi connectivity index (χ1) is 12.6. The Balaban J connectivity index is 2.14. The lowest BCUT2D eigenvalue weighted by Gasteiger charge is -2.33. The fourth-order valence-electron chi connectivity index (χ4n) is 3.90. The number of benzene rings is 2. The molecule has 0 unspecified atom stereocenters. The van der Waals surface area contributed by atoms with Crippen LogP contribution in [0.2, 0.25) is 5.02 Å². The fraction of sp³-hybridized carbons (Fsp3) is 0.364. The Morgan fingerprint density at radius 1 is 1.04 bits per heavy atom. The van der Waals surface area contributed by atoms with Crippen LogP contribution in [0.15, 0.2) is 30.3 Å². The topological polar surface area (TPSA) is 34.1 Å². The van der Waals surface area contributed by atoms with Crippen LogP contribution in [0.1, 0.15) is 50.7 Å². The lowest BCUT2D eigenvalue weighted by atomic mass is 9.69. The van der Waals surface area contributed by atoms with Crippen LogP contribution in [-0.4, -0.2) is 11.6 Å². The highest BCUT2D eigenvalue weighted by molar-refractivity contribution is 6.30. The lowest BCUT2D eigenvalue weighted by molar-refractivity contribution is -0.135. The van der Waals surface area contributed by atoms with Crippen LogP contribution >= 0.6 is 11.6 Å². The summed E-state index contributed by atoms with van der Waals surface area (Å²) in [4.78, 5) is 25.5. The minimum Gasteiger partial charge on any atom is -0.299 e. The second-order valence-electron chi connectivity index (χ2n) is 7.89. The summed E-state index contributed by atoms with van der Waals surface area (Å²) in [6.07, 6.45) is 1.22. The first-order valence-electron chi connectivity index (χ1n) is 8.96. The number of hydrogen-bond acceptors (Lipinski definition) is 2. The summed E-state index contributed by atoms with van der Waals surface area (Å²) < 4.78 is 28.7. The van der Waals surface area contributed by atoms with Crippen molar-refractivity contribution >= 4 is 23.2 Å². The van der Waals surface area contributed by atoms with E-state index in [-0.39, 0.29) is 27.6 Å². The molecule has 2 nitrogen and oxygen atoms in total. The van der Waals surface area contributed by atoms with Gasteiger partial charge in [-0.2, -0.15) is 0 Å². The molecule has 0 atom stereocenters. The van der Waals surface area contributed by atoms with Gasteiger partial charge in [0, 0.05) is 17.9 Å². The van der Waals surface area contributed by atoms with E-state index in [1.807, 2.05) is 20.8 Å². The van der Waals surface area contributed by atoms with Crippen molar-refractivity contribution in [3.05, 3.63) is 58.1 Å². The molecule has 2 aromatic carbocycles. The molecular formula is C22H21ClF2O2. The molecule has 5 heteroatoms. The van der Waals surface area contributed by atoms with Crippen molar-refractivity contribution in [3.8, 4) is 11.1 Å². The SMILES string of the molecule is CCc1ccc(-c2c(F)cc(Cl)cc2F)cc1C1C(=O)CC(C)(C)CC1=O. The predicted octanol–water partition coefficient (Wildman–Crippen LogP) is 5.89. The molecule has 1 aliphatic carbocycles. The van der Waals surface area contributed by atoms with Gasteiger partial charge >= 0.3 is 0 Å². The fourth-order valence-corrected chi connectivity index (χ4v) is 4.09. The standard InChI is InChI=1S/C22H21ClF2O2/c1-4-12-5-6-13(20-16(24)8-14(23)9-17(20)25)7-15(12)21-18(26)10-22(2,3)11-19(21)27/h5-9,21H,4,10-11H2,1-3H3. The van der Waals surface area contributed by atoms with E-state index < -0.39 is 17.6 Å². The zero-order valence-electron chi connectivity index (χ0n) is 15.5. The van der Waals surface area contributed by atoms with Crippen molar-refractivity contribution < 1.29 is 18.4 Å². The van der Waals surface area contributed by atoms with E-state index in [2.05, 4.69) is 0 Å². The van der Waals surface area contributed by atoms with E-state index in [0.29, 0.717) is 30.4 Å². The van der Waals surface area contributed by atoms with Crippen LogP contribution in [0.3, 0.4) is 0 Å². The van der Waals surface area contributed by atoms with Crippen molar-refractivity contribution in [1.29, 1.82) is 0 Å². The van der Waals surface area contributed by atoms with Gasteiger partial charge in [0.2, 0.25) is 0 Å². The molecular weight excluding hydrogens is 370 g/mol. The summed E-state index contributed by atoms with van der Waals surface area (Å²) in [5.41, 5.74) is 1.11. The first kappa shape index (κ1) is 19.7. The maximum Gasteiger partial charge on any atom is 0.148 e. The number of hydrogen-bond donors (Lipinski definition) is 0. The highest BCUT2D eigenvalue weighted by Gasteiger charge is 2.41. The minimum atomic E-state index is -0.869. The highest BCUT2D eigenvalue weighted by Crippen LogP contribution is 2.40. The van der Waals surface area contributed by atoms with Crippen LogP contribution in [0.25, 0.3) is 11.1 Å². The molecule has 142 valence electrons. The minimum absolute atomic E-state index is 0.0287. The van der Waals surface area contributed by atoms with E-state index in [9.17, 15) is 18.4 Å². The van der Waals surface area contributed by atoms with E-state index in [0.717, 1.165) is 17.7 Å². The average Bonchev–Trinajstić information content (AvgIpc) is 2.52. The molecule has 0 bridgehead atoms. The number of carbonyl (C=O) groups excluding carboxylic acids is 2. The maximum absolute atomic E-state index is 14.4. The van der Waals surface area contributed by atoms with Crippen LogP contribution in [0, 0.1) is 17.0 Å². The first-order valence-corrected chi connectivity index (χ1v) is 9.34. The Kier molecular flexibility index (Phi) is 5.22. The number of aryl methyl sites for hydroxylation is 1. The van der Waals surface area contributed by atoms with E-state index in [4.69, 9.17) is 11.6 Å². The monoisotopic (exact) mass is 390 g/mol. The zero-order chi connectivity index (χ0) is 19.9. The molecule has 0 radical (unpaired) electrons. The molecule has 1 aliphatic rings. The van der Waals surface area contributed by atoms with Gasteiger partial charge in [-0.1, -0.05) is 44.5 Å². The Hall–Kier alpha value is -2.07. The van der Waals surface area contributed by atoms with Gasteiger partial charge in [-0.15, -0.1) is 0 Å². The molecule has 0 spiro atoms. The Labute approximate surface area is 162 Å². The second kappa shape index (κ2) is 7.16. The van der Waals surface area contributed by atoms with E-state index in [1.54, 1.807) is 18.2 Å².